The fourth-order valence-corrected chi connectivity index (χ4v) is 4.23. The van der Waals surface area contributed by atoms with Crippen molar-refractivity contribution in [2.75, 3.05) is 36.6 Å². The van der Waals surface area contributed by atoms with Crippen LogP contribution in [-0.4, -0.2) is 42.1 Å². The molecule has 0 spiro atoms. The SMILES string of the molecule is COCCNc1nnc(SCC(=O)Nc2ccc(Br)cc2Br)s1. The van der Waals surface area contributed by atoms with Crippen molar-refractivity contribution < 1.29 is 9.53 Å². The number of halogens is 2. The van der Waals surface area contributed by atoms with Gasteiger partial charge in [-0.25, -0.2) is 0 Å². The summed E-state index contributed by atoms with van der Waals surface area (Å²) in [5, 5.41) is 14.7. The summed E-state index contributed by atoms with van der Waals surface area (Å²) in [5.74, 6) is 0.178. The summed E-state index contributed by atoms with van der Waals surface area (Å²) in [6.07, 6.45) is 0. The average Bonchev–Trinajstić information content (AvgIpc) is 2.96. The normalized spacial score (nSPS) is 10.6. The second-order valence-electron chi connectivity index (χ2n) is 4.25. The highest BCUT2D eigenvalue weighted by molar-refractivity contribution is 9.11. The molecule has 1 amide bonds. The maximum Gasteiger partial charge on any atom is 0.234 e. The number of amides is 1. The zero-order valence-electron chi connectivity index (χ0n) is 12.1. The van der Waals surface area contributed by atoms with Crippen molar-refractivity contribution >= 4 is 71.7 Å². The van der Waals surface area contributed by atoms with Crippen LogP contribution in [0.2, 0.25) is 0 Å². The van der Waals surface area contributed by atoms with Crippen LogP contribution in [0.5, 0.6) is 0 Å². The Morgan fingerprint density at radius 3 is 2.96 bits per heavy atom. The third-order valence-corrected chi connectivity index (χ3v) is 5.68. The zero-order valence-corrected chi connectivity index (χ0v) is 16.9. The van der Waals surface area contributed by atoms with Crippen LogP contribution in [0.4, 0.5) is 10.8 Å². The standard InChI is InChI=1S/C13H14Br2N4O2S2/c1-21-5-4-16-12-18-19-13(23-12)22-7-11(20)17-10-3-2-8(14)6-9(10)15/h2-3,6H,4-5,7H2,1H3,(H,16,18)(H,17,20). The number of hydrogen-bond donors (Lipinski definition) is 2. The Bertz CT molecular complexity index is 669. The van der Waals surface area contributed by atoms with E-state index in [4.69, 9.17) is 4.74 Å². The Hall–Kier alpha value is -0.680. The van der Waals surface area contributed by atoms with E-state index in [-0.39, 0.29) is 11.7 Å². The molecule has 10 heteroatoms. The van der Waals surface area contributed by atoms with Crippen LogP contribution >= 0.6 is 55.0 Å². The third kappa shape index (κ3) is 6.38. The second-order valence-corrected chi connectivity index (χ2v) is 8.22. The number of carbonyl (C=O) groups excluding carboxylic acids is 1. The molecule has 6 nitrogen and oxygen atoms in total. The van der Waals surface area contributed by atoms with Crippen molar-refractivity contribution in [3.63, 3.8) is 0 Å². The number of methoxy groups -OCH3 is 1. The van der Waals surface area contributed by atoms with Gasteiger partial charge in [0.05, 0.1) is 18.0 Å². The Morgan fingerprint density at radius 1 is 1.39 bits per heavy atom. The Labute approximate surface area is 159 Å². The molecular formula is C13H14Br2N4O2S2. The summed E-state index contributed by atoms with van der Waals surface area (Å²) in [7, 11) is 1.64. The number of rotatable bonds is 8. The molecule has 1 heterocycles. The van der Waals surface area contributed by atoms with Gasteiger partial charge in [-0.3, -0.25) is 4.79 Å². The highest BCUT2D eigenvalue weighted by Crippen LogP contribution is 2.28. The van der Waals surface area contributed by atoms with Gasteiger partial charge in [0.1, 0.15) is 0 Å². The molecule has 0 unspecified atom stereocenters. The highest BCUT2D eigenvalue weighted by atomic mass is 79.9. The largest absolute Gasteiger partial charge is 0.383 e. The number of ether oxygens (including phenoxy) is 1. The first kappa shape index (κ1) is 18.7. The predicted octanol–water partition coefficient (Wildman–Crippen LogP) is 3.85. The molecule has 1 aromatic heterocycles. The predicted molar refractivity (Wildman–Crippen MR) is 101 cm³/mol. The summed E-state index contributed by atoms with van der Waals surface area (Å²) in [6.45, 7) is 1.28. The van der Waals surface area contributed by atoms with Gasteiger partial charge in [-0.15, -0.1) is 10.2 Å². The number of benzene rings is 1. The molecule has 0 atom stereocenters. The van der Waals surface area contributed by atoms with Crippen LogP contribution in [0, 0.1) is 0 Å². The summed E-state index contributed by atoms with van der Waals surface area (Å²) in [5.41, 5.74) is 0.734. The second kappa shape index (κ2) is 9.58. The smallest absolute Gasteiger partial charge is 0.234 e. The van der Waals surface area contributed by atoms with E-state index in [0.29, 0.717) is 13.2 Å². The van der Waals surface area contributed by atoms with Crippen LogP contribution in [-0.2, 0) is 9.53 Å². The molecule has 2 N–H and O–H groups in total. The number of anilines is 2. The van der Waals surface area contributed by atoms with E-state index < -0.39 is 0 Å². The molecular weight excluding hydrogens is 468 g/mol. The van der Waals surface area contributed by atoms with Crippen molar-refractivity contribution in [1.82, 2.24) is 10.2 Å². The molecule has 2 aromatic rings. The molecule has 0 bridgehead atoms. The monoisotopic (exact) mass is 480 g/mol. The van der Waals surface area contributed by atoms with Crippen LogP contribution < -0.4 is 10.6 Å². The van der Waals surface area contributed by atoms with E-state index in [2.05, 4.69) is 52.7 Å². The van der Waals surface area contributed by atoms with Crippen LogP contribution in [0.3, 0.4) is 0 Å². The lowest BCUT2D eigenvalue weighted by molar-refractivity contribution is -0.113. The van der Waals surface area contributed by atoms with Crippen LogP contribution in [0.15, 0.2) is 31.5 Å². The van der Waals surface area contributed by atoms with Gasteiger partial charge in [0.15, 0.2) is 4.34 Å². The number of thioether (sulfide) groups is 1. The molecule has 0 aliphatic rings. The summed E-state index contributed by atoms with van der Waals surface area (Å²) in [4.78, 5) is 12.0. The minimum atomic E-state index is -0.0953. The zero-order chi connectivity index (χ0) is 16.7. The fourth-order valence-electron chi connectivity index (χ4n) is 1.50. The van der Waals surface area contributed by atoms with Gasteiger partial charge in [0, 0.05) is 22.6 Å². The Balaban J connectivity index is 1.80. The van der Waals surface area contributed by atoms with Crippen LogP contribution in [0.25, 0.3) is 0 Å². The first-order valence-corrected chi connectivity index (χ1v) is 9.91. The van der Waals surface area contributed by atoms with Gasteiger partial charge in [-0.05, 0) is 34.1 Å². The van der Waals surface area contributed by atoms with E-state index in [0.717, 1.165) is 24.1 Å². The molecule has 1 aromatic carbocycles. The molecule has 0 radical (unpaired) electrons. The van der Waals surface area contributed by atoms with Gasteiger partial charge in [-0.2, -0.15) is 0 Å². The topological polar surface area (TPSA) is 76.1 Å². The molecule has 0 aliphatic heterocycles. The van der Waals surface area contributed by atoms with E-state index in [9.17, 15) is 4.79 Å². The molecule has 0 fully saturated rings. The number of carbonyl (C=O) groups is 1. The van der Waals surface area contributed by atoms with E-state index in [1.165, 1.54) is 23.1 Å². The maximum absolute atomic E-state index is 12.0. The number of aromatic nitrogens is 2. The average molecular weight is 482 g/mol. The number of hydrogen-bond acceptors (Lipinski definition) is 7. The highest BCUT2D eigenvalue weighted by Gasteiger charge is 2.10. The van der Waals surface area contributed by atoms with Gasteiger partial charge in [0.25, 0.3) is 0 Å². The van der Waals surface area contributed by atoms with Crippen molar-refractivity contribution in [1.29, 1.82) is 0 Å². The molecule has 0 saturated heterocycles. The Morgan fingerprint density at radius 2 is 2.22 bits per heavy atom. The molecule has 23 heavy (non-hydrogen) atoms. The molecule has 0 saturated carbocycles. The molecule has 2 rings (SSSR count). The summed E-state index contributed by atoms with van der Waals surface area (Å²) < 4.78 is 7.47. The third-order valence-electron chi connectivity index (χ3n) is 2.52. The lowest BCUT2D eigenvalue weighted by atomic mass is 10.3. The van der Waals surface area contributed by atoms with Crippen molar-refractivity contribution in [2.24, 2.45) is 0 Å². The minimum Gasteiger partial charge on any atom is -0.383 e. The Kier molecular flexibility index (Phi) is 7.77. The van der Waals surface area contributed by atoms with Crippen molar-refractivity contribution in [2.45, 2.75) is 4.34 Å². The van der Waals surface area contributed by atoms with Gasteiger partial charge >= 0.3 is 0 Å². The van der Waals surface area contributed by atoms with E-state index in [1.807, 2.05) is 18.2 Å². The maximum atomic E-state index is 12.0. The van der Waals surface area contributed by atoms with Gasteiger partial charge in [-0.1, -0.05) is 39.0 Å². The fraction of sp³-hybridized carbons (Fsp3) is 0.308. The quantitative estimate of drug-likeness (QED) is 0.440. The van der Waals surface area contributed by atoms with Gasteiger partial charge < -0.3 is 15.4 Å². The van der Waals surface area contributed by atoms with E-state index >= 15 is 0 Å². The minimum absolute atomic E-state index is 0.0953. The lowest BCUT2D eigenvalue weighted by Crippen LogP contribution is -2.14. The summed E-state index contributed by atoms with van der Waals surface area (Å²) >= 11 is 9.56. The number of nitrogens with one attached hydrogen (secondary N) is 2. The van der Waals surface area contributed by atoms with Crippen molar-refractivity contribution in [3.05, 3.63) is 27.1 Å². The number of nitrogens with zero attached hydrogens (tertiary/aromatic N) is 2. The van der Waals surface area contributed by atoms with Gasteiger partial charge in [0.2, 0.25) is 11.0 Å². The lowest BCUT2D eigenvalue weighted by Gasteiger charge is -2.06. The van der Waals surface area contributed by atoms with Crippen LogP contribution in [0.1, 0.15) is 0 Å². The molecule has 124 valence electrons. The van der Waals surface area contributed by atoms with Crippen molar-refractivity contribution in [3.8, 4) is 0 Å². The summed E-state index contributed by atoms with van der Waals surface area (Å²) in [6, 6.07) is 5.58. The van der Waals surface area contributed by atoms with E-state index in [1.54, 1.807) is 7.11 Å². The first-order chi connectivity index (χ1) is 11.1. The molecule has 0 aliphatic carbocycles. The first-order valence-electron chi connectivity index (χ1n) is 6.52.